The number of rotatable bonds is 4. The van der Waals surface area contributed by atoms with Gasteiger partial charge >= 0.3 is 0 Å². The zero-order valence-corrected chi connectivity index (χ0v) is 11.5. The lowest BCUT2D eigenvalue weighted by Gasteiger charge is -2.25. The Morgan fingerprint density at radius 3 is 2.50 bits per heavy atom. The van der Waals surface area contributed by atoms with E-state index in [0.717, 1.165) is 17.9 Å². The Kier molecular flexibility index (Phi) is 5.51. The van der Waals surface area contributed by atoms with Crippen LogP contribution >= 0.6 is 11.8 Å². The van der Waals surface area contributed by atoms with Crippen LogP contribution in [0, 0.1) is 11.8 Å². The largest absolute Gasteiger partial charge is 0.314 e. The second kappa shape index (κ2) is 6.90. The van der Waals surface area contributed by atoms with Crippen LogP contribution in [0.15, 0.2) is 0 Å². The van der Waals surface area contributed by atoms with Crippen LogP contribution in [0.2, 0.25) is 0 Å². The molecule has 0 aromatic carbocycles. The average molecular weight is 241 g/mol. The van der Waals surface area contributed by atoms with E-state index < -0.39 is 0 Å². The molecule has 0 spiro atoms. The molecule has 1 aliphatic heterocycles. The number of nitrogens with one attached hydrogen (secondary N) is 1. The zero-order valence-electron chi connectivity index (χ0n) is 10.7. The summed E-state index contributed by atoms with van der Waals surface area (Å²) in [5.41, 5.74) is 0. The average Bonchev–Trinajstić information content (AvgIpc) is 2.66. The third-order valence-corrected chi connectivity index (χ3v) is 5.59. The van der Waals surface area contributed by atoms with E-state index in [0.29, 0.717) is 0 Å². The summed E-state index contributed by atoms with van der Waals surface area (Å²) in [7, 11) is 0. The van der Waals surface area contributed by atoms with Crippen molar-refractivity contribution in [1.82, 2.24) is 5.32 Å². The van der Waals surface area contributed by atoms with Gasteiger partial charge in [0.2, 0.25) is 0 Å². The second-order valence-corrected chi connectivity index (χ2v) is 6.83. The highest BCUT2D eigenvalue weighted by Gasteiger charge is 2.21. The molecule has 2 rings (SSSR count). The van der Waals surface area contributed by atoms with Gasteiger partial charge in [0.15, 0.2) is 0 Å². The topological polar surface area (TPSA) is 12.0 Å². The van der Waals surface area contributed by atoms with Gasteiger partial charge in [0.05, 0.1) is 0 Å². The van der Waals surface area contributed by atoms with Crippen molar-refractivity contribution >= 4 is 11.8 Å². The molecule has 1 unspecified atom stereocenters. The Labute approximate surface area is 105 Å². The summed E-state index contributed by atoms with van der Waals surface area (Å²) in [6, 6.07) is 0.753. The molecule has 0 aromatic rings. The molecule has 2 heteroatoms. The molecule has 2 fully saturated rings. The van der Waals surface area contributed by atoms with Crippen LogP contribution in [0.3, 0.4) is 0 Å². The first-order valence-corrected chi connectivity index (χ1v) is 8.33. The fourth-order valence-electron chi connectivity index (χ4n) is 3.07. The molecule has 0 aromatic heterocycles. The quantitative estimate of drug-likeness (QED) is 0.753. The van der Waals surface area contributed by atoms with Crippen LogP contribution < -0.4 is 5.32 Å². The molecule has 1 saturated heterocycles. The Hall–Kier alpha value is 0.310. The molecule has 1 aliphatic carbocycles. The highest BCUT2D eigenvalue weighted by atomic mass is 32.2. The van der Waals surface area contributed by atoms with Crippen molar-refractivity contribution in [3.05, 3.63) is 0 Å². The van der Waals surface area contributed by atoms with Crippen molar-refractivity contribution in [1.29, 1.82) is 0 Å². The summed E-state index contributed by atoms with van der Waals surface area (Å²) >= 11 is 2.13. The van der Waals surface area contributed by atoms with Crippen LogP contribution in [-0.4, -0.2) is 24.1 Å². The van der Waals surface area contributed by atoms with E-state index in [4.69, 9.17) is 0 Å². The van der Waals surface area contributed by atoms with E-state index in [-0.39, 0.29) is 0 Å². The fourth-order valence-corrected chi connectivity index (χ4v) is 4.36. The normalized spacial score (nSPS) is 30.2. The summed E-state index contributed by atoms with van der Waals surface area (Å²) in [6.07, 6.45) is 10.3. The maximum Gasteiger partial charge on any atom is 0.00671 e. The van der Waals surface area contributed by atoms with Gasteiger partial charge in [-0.2, -0.15) is 11.8 Å². The van der Waals surface area contributed by atoms with Gasteiger partial charge in [0.1, 0.15) is 0 Å². The molecular formula is C14H27NS. The molecule has 0 bridgehead atoms. The van der Waals surface area contributed by atoms with Crippen molar-refractivity contribution in [2.75, 3.05) is 18.1 Å². The molecule has 1 saturated carbocycles. The lowest BCUT2D eigenvalue weighted by molar-refractivity contribution is 0.324. The molecule has 2 atom stereocenters. The van der Waals surface area contributed by atoms with Crippen LogP contribution in [0.5, 0.6) is 0 Å². The van der Waals surface area contributed by atoms with Crippen molar-refractivity contribution in [2.24, 2.45) is 11.8 Å². The molecule has 0 radical (unpaired) electrons. The van der Waals surface area contributed by atoms with Gasteiger partial charge in [-0.05, 0) is 56.1 Å². The molecule has 1 heterocycles. The number of hydrogen-bond acceptors (Lipinski definition) is 2. The zero-order chi connectivity index (χ0) is 11.2. The van der Waals surface area contributed by atoms with E-state index >= 15 is 0 Å². The number of thioether (sulfide) groups is 1. The minimum Gasteiger partial charge on any atom is -0.314 e. The Balaban J connectivity index is 1.66. The van der Waals surface area contributed by atoms with E-state index in [1.165, 1.54) is 63.0 Å². The highest BCUT2D eigenvalue weighted by Crippen LogP contribution is 2.26. The fraction of sp³-hybridized carbons (Fsp3) is 1.00. The second-order valence-electron chi connectivity index (χ2n) is 5.68. The van der Waals surface area contributed by atoms with Gasteiger partial charge in [0, 0.05) is 6.04 Å². The summed E-state index contributed by atoms with van der Waals surface area (Å²) in [6.45, 7) is 3.68. The van der Waals surface area contributed by atoms with Crippen LogP contribution in [0.1, 0.15) is 51.9 Å². The molecule has 1 N–H and O–H groups in total. The predicted octanol–water partition coefficient (Wildman–Crippen LogP) is 3.69. The third-order valence-electron chi connectivity index (χ3n) is 4.36. The van der Waals surface area contributed by atoms with Gasteiger partial charge in [-0.1, -0.05) is 25.7 Å². The smallest absolute Gasteiger partial charge is 0.00671 e. The van der Waals surface area contributed by atoms with E-state index in [2.05, 4.69) is 24.0 Å². The first kappa shape index (κ1) is 12.8. The number of hydrogen-bond donors (Lipinski definition) is 1. The Morgan fingerprint density at radius 2 is 1.88 bits per heavy atom. The van der Waals surface area contributed by atoms with Gasteiger partial charge in [-0.15, -0.1) is 0 Å². The van der Waals surface area contributed by atoms with Gasteiger partial charge in [0.25, 0.3) is 0 Å². The summed E-state index contributed by atoms with van der Waals surface area (Å²) < 4.78 is 0. The summed E-state index contributed by atoms with van der Waals surface area (Å²) in [5, 5.41) is 3.81. The molecule has 0 amide bonds. The van der Waals surface area contributed by atoms with E-state index in [9.17, 15) is 0 Å². The molecule has 1 nitrogen and oxygen atoms in total. The lowest BCUT2D eigenvalue weighted by Crippen LogP contribution is -2.36. The first-order chi connectivity index (χ1) is 7.86. The van der Waals surface area contributed by atoms with Gasteiger partial charge in [-0.25, -0.2) is 0 Å². The SMILES string of the molecule is C[C@@H](NCC1CCSC1)C1CCCCCC1. The Morgan fingerprint density at radius 1 is 1.12 bits per heavy atom. The maximum absolute atomic E-state index is 3.81. The van der Waals surface area contributed by atoms with Gasteiger partial charge < -0.3 is 5.32 Å². The molecular weight excluding hydrogens is 214 g/mol. The van der Waals surface area contributed by atoms with Crippen molar-refractivity contribution in [2.45, 2.75) is 57.9 Å². The third kappa shape index (κ3) is 3.96. The minimum absolute atomic E-state index is 0.753. The minimum atomic E-state index is 0.753. The van der Waals surface area contributed by atoms with E-state index in [1.807, 2.05) is 0 Å². The van der Waals surface area contributed by atoms with Crippen molar-refractivity contribution < 1.29 is 0 Å². The first-order valence-electron chi connectivity index (χ1n) is 7.17. The highest BCUT2D eigenvalue weighted by molar-refractivity contribution is 7.99. The van der Waals surface area contributed by atoms with Gasteiger partial charge in [-0.3, -0.25) is 0 Å². The Bertz CT molecular complexity index is 181. The van der Waals surface area contributed by atoms with Crippen LogP contribution in [-0.2, 0) is 0 Å². The lowest BCUT2D eigenvalue weighted by atomic mass is 9.92. The van der Waals surface area contributed by atoms with E-state index in [1.54, 1.807) is 0 Å². The monoisotopic (exact) mass is 241 g/mol. The maximum atomic E-state index is 3.81. The van der Waals surface area contributed by atoms with Crippen LogP contribution in [0.25, 0.3) is 0 Å². The summed E-state index contributed by atoms with van der Waals surface area (Å²) in [4.78, 5) is 0. The van der Waals surface area contributed by atoms with Crippen molar-refractivity contribution in [3.63, 3.8) is 0 Å². The summed E-state index contributed by atoms with van der Waals surface area (Å²) in [5.74, 6) is 4.70. The standard InChI is InChI=1S/C14H27NS/c1-12(14-6-4-2-3-5-7-14)15-10-13-8-9-16-11-13/h12-15H,2-11H2,1H3/t12-,13?/m1/s1. The predicted molar refractivity (Wildman–Crippen MR) is 74.1 cm³/mol. The molecule has 94 valence electrons. The van der Waals surface area contributed by atoms with Crippen molar-refractivity contribution in [3.8, 4) is 0 Å². The molecule has 16 heavy (non-hydrogen) atoms. The van der Waals surface area contributed by atoms with Crippen LogP contribution in [0.4, 0.5) is 0 Å². The molecule has 2 aliphatic rings.